The van der Waals surface area contributed by atoms with Crippen LogP contribution in [0.15, 0.2) is 24.3 Å². The van der Waals surface area contributed by atoms with Crippen LogP contribution < -0.4 is 10.1 Å². The number of methoxy groups -OCH3 is 1. The van der Waals surface area contributed by atoms with Crippen molar-refractivity contribution in [1.29, 1.82) is 0 Å². The lowest BCUT2D eigenvalue weighted by Gasteiger charge is -2.33. The van der Waals surface area contributed by atoms with Gasteiger partial charge in [0.1, 0.15) is 5.75 Å². The zero-order valence-corrected chi connectivity index (χ0v) is 13.1. The summed E-state index contributed by atoms with van der Waals surface area (Å²) in [6.07, 6.45) is 4.97. The molecule has 2 rings (SSSR count). The summed E-state index contributed by atoms with van der Waals surface area (Å²) < 4.78 is 5.09. The number of nitrogens with one attached hydrogen (secondary N) is 1. The van der Waals surface area contributed by atoms with E-state index >= 15 is 0 Å². The minimum absolute atomic E-state index is 0.00987. The number of hydrogen-bond acceptors (Lipinski definition) is 3. The quantitative estimate of drug-likeness (QED) is 0.819. The van der Waals surface area contributed by atoms with E-state index in [0.717, 1.165) is 25.3 Å². The summed E-state index contributed by atoms with van der Waals surface area (Å²) in [4.78, 5) is 14.5. The number of carbonyl (C=O) groups excluding carboxylic acids is 1. The fourth-order valence-corrected chi connectivity index (χ4v) is 2.82. The summed E-state index contributed by atoms with van der Waals surface area (Å²) in [6.45, 7) is 5.31. The van der Waals surface area contributed by atoms with E-state index in [-0.39, 0.29) is 5.91 Å². The predicted molar refractivity (Wildman–Crippen MR) is 84.8 cm³/mol. The molecule has 1 fully saturated rings. The maximum Gasteiger partial charge on any atom is 0.251 e. The topological polar surface area (TPSA) is 41.6 Å². The number of piperidine rings is 1. The van der Waals surface area contributed by atoms with Gasteiger partial charge in [0.15, 0.2) is 0 Å². The van der Waals surface area contributed by atoms with Gasteiger partial charge in [0.25, 0.3) is 5.91 Å². The molecule has 116 valence electrons. The fraction of sp³-hybridized carbons (Fsp3) is 0.588. The zero-order valence-electron chi connectivity index (χ0n) is 13.1. The molecule has 0 radical (unpaired) electrons. The smallest absolute Gasteiger partial charge is 0.251 e. The summed E-state index contributed by atoms with van der Waals surface area (Å²) >= 11 is 0. The molecular weight excluding hydrogens is 264 g/mol. The van der Waals surface area contributed by atoms with E-state index in [1.54, 1.807) is 19.2 Å². The Labute approximate surface area is 127 Å². The second-order valence-corrected chi connectivity index (χ2v) is 5.72. The molecule has 0 aromatic heterocycles. The molecule has 4 heteroatoms. The van der Waals surface area contributed by atoms with Gasteiger partial charge in [-0.3, -0.25) is 4.79 Å². The first-order valence-corrected chi connectivity index (χ1v) is 7.87. The van der Waals surface area contributed by atoms with Crippen LogP contribution >= 0.6 is 0 Å². The number of hydrogen-bond donors (Lipinski definition) is 1. The van der Waals surface area contributed by atoms with E-state index < -0.39 is 0 Å². The fourth-order valence-electron chi connectivity index (χ4n) is 2.82. The molecule has 21 heavy (non-hydrogen) atoms. The number of nitrogens with zero attached hydrogens (tertiary/aromatic N) is 1. The standard InChI is InChI=1S/C17H26N2O2/c1-14-6-3-4-12-19(14)13-5-11-18-17(20)15-7-9-16(21-2)10-8-15/h7-10,14H,3-6,11-13H2,1-2H3,(H,18,20). The largest absolute Gasteiger partial charge is 0.497 e. The highest BCUT2D eigenvalue weighted by molar-refractivity contribution is 5.94. The summed E-state index contributed by atoms with van der Waals surface area (Å²) in [5, 5.41) is 2.98. The van der Waals surface area contributed by atoms with E-state index in [1.807, 2.05) is 12.1 Å². The van der Waals surface area contributed by atoms with Gasteiger partial charge in [0, 0.05) is 24.7 Å². The lowest BCUT2D eigenvalue weighted by molar-refractivity contribution is 0.0949. The molecule has 1 saturated heterocycles. The third kappa shape index (κ3) is 4.74. The van der Waals surface area contributed by atoms with Crippen LogP contribution in [0.3, 0.4) is 0 Å². The number of ether oxygens (including phenoxy) is 1. The van der Waals surface area contributed by atoms with Crippen molar-refractivity contribution in [3.63, 3.8) is 0 Å². The maximum absolute atomic E-state index is 12.0. The van der Waals surface area contributed by atoms with Crippen LogP contribution in [-0.2, 0) is 0 Å². The van der Waals surface area contributed by atoms with E-state index in [4.69, 9.17) is 4.74 Å². The molecule has 4 nitrogen and oxygen atoms in total. The van der Waals surface area contributed by atoms with Crippen molar-refractivity contribution in [3.05, 3.63) is 29.8 Å². The summed E-state index contributed by atoms with van der Waals surface area (Å²) in [5.41, 5.74) is 0.683. The van der Waals surface area contributed by atoms with Gasteiger partial charge in [0.2, 0.25) is 0 Å². The Hall–Kier alpha value is -1.55. The summed E-state index contributed by atoms with van der Waals surface area (Å²) in [6, 6.07) is 7.90. The van der Waals surface area contributed by atoms with Gasteiger partial charge >= 0.3 is 0 Å². The van der Waals surface area contributed by atoms with Gasteiger partial charge in [-0.2, -0.15) is 0 Å². The molecule has 0 saturated carbocycles. The minimum atomic E-state index is -0.00987. The van der Waals surface area contributed by atoms with Crippen LogP contribution in [0.1, 0.15) is 43.0 Å². The van der Waals surface area contributed by atoms with Crippen LogP contribution in [0.5, 0.6) is 5.75 Å². The second kappa shape index (κ2) is 8.03. The molecule has 1 heterocycles. The van der Waals surface area contributed by atoms with Crippen LogP contribution in [0.2, 0.25) is 0 Å². The molecule has 1 amide bonds. The first-order chi connectivity index (χ1) is 10.2. The molecule has 0 bridgehead atoms. The Morgan fingerprint density at radius 1 is 1.33 bits per heavy atom. The number of rotatable bonds is 6. The minimum Gasteiger partial charge on any atom is -0.497 e. The maximum atomic E-state index is 12.0. The van der Waals surface area contributed by atoms with Crippen LogP contribution in [0.25, 0.3) is 0 Å². The highest BCUT2D eigenvalue weighted by Gasteiger charge is 2.17. The Bertz CT molecular complexity index is 445. The van der Waals surface area contributed by atoms with Gasteiger partial charge in [-0.1, -0.05) is 6.42 Å². The molecule has 1 unspecified atom stereocenters. The number of carbonyl (C=O) groups is 1. The van der Waals surface area contributed by atoms with E-state index in [0.29, 0.717) is 11.6 Å². The lowest BCUT2D eigenvalue weighted by Crippen LogP contribution is -2.39. The number of benzene rings is 1. The molecule has 0 aliphatic carbocycles. The van der Waals surface area contributed by atoms with Crippen molar-refractivity contribution in [2.75, 3.05) is 26.7 Å². The molecule has 1 aromatic rings. The monoisotopic (exact) mass is 290 g/mol. The van der Waals surface area contributed by atoms with E-state index in [9.17, 15) is 4.79 Å². The molecule has 1 atom stereocenters. The Balaban J connectivity index is 1.68. The van der Waals surface area contributed by atoms with Gasteiger partial charge in [-0.15, -0.1) is 0 Å². The Morgan fingerprint density at radius 3 is 2.76 bits per heavy atom. The SMILES string of the molecule is COc1ccc(C(=O)NCCCN2CCCCC2C)cc1. The summed E-state index contributed by atoms with van der Waals surface area (Å²) in [5.74, 6) is 0.759. The van der Waals surface area contributed by atoms with Crippen molar-refractivity contribution in [3.8, 4) is 5.75 Å². The number of likely N-dealkylation sites (tertiary alicyclic amines) is 1. The molecule has 1 aliphatic heterocycles. The lowest BCUT2D eigenvalue weighted by atomic mass is 10.0. The van der Waals surface area contributed by atoms with Crippen LogP contribution in [0, 0.1) is 0 Å². The van der Waals surface area contributed by atoms with Crippen molar-refractivity contribution < 1.29 is 9.53 Å². The van der Waals surface area contributed by atoms with Crippen molar-refractivity contribution in [2.45, 2.75) is 38.6 Å². The van der Waals surface area contributed by atoms with Gasteiger partial charge in [0.05, 0.1) is 7.11 Å². The second-order valence-electron chi connectivity index (χ2n) is 5.72. The first kappa shape index (κ1) is 15.8. The van der Waals surface area contributed by atoms with Gasteiger partial charge < -0.3 is 15.0 Å². The van der Waals surface area contributed by atoms with Crippen molar-refractivity contribution in [1.82, 2.24) is 10.2 Å². The molecular formula is C17H26N2O2. The van der Waals surface area contributed by atoms with E-state index in [1.165, 1.54) is 25.8 Å². The molecule has 1 aromatic carbocycles. The van der Waals surface area contributed by atoms with Crippen molar-refractivity contribution in [2.24, 2.45) is 0 Å². The van der Waals surface area contributed by atoms with Crippen molar-refractivity contribution >= 4 is 5.91 Å². The van der Waals surface area contributed by atoms with Gasteiger partial charge in [-0.25, -0.2) is 0 Å². The summed E-state index contributed by atoms with van der Waals surface area (Å²) in [7, 11) is 1.62. The molecule has 1 aliphatic rings. The average Bonchev–Trinajstić information content (AvgIpc) is 2.53. The molecule has 0 spiro atoms. The zero-order chi connectivity index (χ0) is 15.1. The Morgan fingerprint density at radius 2 is 2.10 bits per heavy atom. The predicted octanol–water partition coefficient (Wildman–Crippen LogP) is 2.69. The number of amides is 1. The van der Waals surface area contributed by atoms with Gasteiger partial charge in [-0.05, 0) is 57.0 Å². The normalized spacial score (nSPS) is 19.2. The average molecular weight is 290 g/mol. The van der Waals surface area contributed by atoms with Crippen LogP contribution in [-0.4, -0.2) is 43.6 Å². The first-order valence-electron chi connectivity index (χ1n) is 7.87. The third-order valence-electron chi connectivity index (χ3n) is 4.20. The molecule has 1 N–H and O–H groups in total. The Kier molecular flexibility index (Phi) is 6.05. The van der Waals surface area contributed by atoms with Crippen LogP contribution in [0.4, 0.5) is 0 Å². The third-order valence-corrected chi connectivity index (χ3v) is 4.20. The highest BCUT2D eigenvalue weighted by atomic mass is 16.5. The highest BCUT2D eigenvalue weighted by Crippen LogP contribution is 2.16. The van der Waals surface area contributed by atoms with E-state index in [2.05, 4.69) is 17.1 Å².